The van der Waals surface area contributed by atoms with Crippen molar-refractivity contribution < 1.29 is 9.66 Å². The minimum atomic E-state index is -0.472. The van der Waals surface area contributed by atoms with Crippen LogP contribution in [0.3, 0.4) is 0 Å². The van der Waals surface area contributed by atoms with Crippen molar-refractivity contribution in [3.05, 3.63) is 39.9 Å². The van der Waals surface area contributed by atoms with Crippen LogP contribution in [-0.4, -0.2) is 18.1 Å². The normalized spacial score (nSPS) is 24.1. The van der Waals surface area contributed by atoms with Gasteiger partial charge in [0.05, 0.1) is 5.41 Å². The van der Waals surface area contributed by atoms with Crippen LogP contribution in [-0.2, 0) is 5.41 Å². The fourth-order valence-corrected chi connectivity index (χ4v) is 1.82. The summed E-state index contributed by atoms with van der Waals surface area (Å²) in [5.41, 5.74) is 0.469. The smallest absolute Gasteiger partial charge is 0.216 e. The molecule has 0 N–H and O–H groups in total. The van der Waals surface area contributed by atoms with Crippen molar-refractivity contribution in [2.24, 2.45) is 0 Å². The first-order chi connectivity index (χ1) is 6.62. The molecule has 74 valence electrons. The maximum absolute atomic E-state index is 10.5. The van der Waals surface area contributed by atoms with E-state index in [-0.39, 0.29) is 11.5 Å². The third-order valence-electron chi connectivity index (χ3n) is 2.56. The average molecular weight is 193 g/mol. The van der Waals surface area contributed by atoms with Gasteiger partial charge in [-0.15, -0.1) is 0 Å². The fraction of sp³-hybridized carbons (Fsp3) is 0.400. The highest BCUT2D eigenvalue weighted by atomic mass is 16.6. The van der Waals surface area contributed by atoms with E-state index < -0.39 is 5.41 Å². The van der Waals surface area contributed by atoms with E-state index in [1.54, 1.807) is 0 Å². The van der Waals surface area contributed by atoms with Crippen LogP contribution in [0.1, 0.15) is 12.5 Å². The number of hydrogen-bond acceptors (Lipinski definition) is 3. The van der Waals surface area contributed by atoms with Crippen molar-refractivity contribution in [1.29, 1.82) is 0 Å². The van der Waals surface area contributed by atoms with Gasteiger partial charge in [-0.3, -0.25) is 10.1 Å². The average Bonchev–Trinajstić information content (AvgIpc) is 2.44. The zero-order chi connectivity index (χ0) is 10.2. The van der Waals surface area contributed by atoms with E-state index >= 15 is 0 Å². The van der Waals surface area contributed by atoms with Crippen LogP contribution in [0.15, 0.2) is 24.3 Å². The van der Waals surface area contributed by atoms with E-state index in [1.165, 1.54) is 0 Å². The summed E-state index contributed by atoms with van der Waals surface area (Å²) in [6, 6.07) is 7.49. The number of hydrogen-bond donors (Lipinski definition) is 0. The Morgan fingerprint density at radius 1 is 1.57 bits per heavy atom. The molecule has 0 amide bonds. The SMILES string of the molecule is C[C@]1(C[N+](=O)[O-])COc2ccccc21. The molecule has 1 atom stereocenters. The number of nitrogens with zero attached hydrogens (tertiary/aromatic N) is 1. The van der Waals surface area contributed by atoms with Gasteiger partial charge in [-0.1, -0.05) is 18.2 Å². The maximum Gasteiger partial charge on any atom is 0.216 e. The largest absolute Gasteiger partial charge is 0.492 e. The third kappa shape index (κ3) is 1.32. The lowest BCUT2D eigenvalue weighted by Crippen LogP contribution is -2.32. The predicted octanol–water partition coefficient (Wildman–Crippen LogP) is 1.61. The maximum atomic E-state index is 10.5. The highest BCUT2D eigenvalue weighted by Crippen LogP contribution is 2.38. The van der Waals surface area contributed by atoms with E-state index in [1.807, 2.05) is 31.2 Å². The van der Waals surface area contributed by atoms with Crippen LogP contribution >= 0.6 is 0 Å². The van der Waals surface area contributed by atoms with Crippen LogP contribution < -0.4 is 4.74 Å². The minimum Gasteiger partial charge on any atom is -0.492 e. The topological polar surface area (TPSA) is 52.4 Å². The Labute approximate surface area is 81.7 Å². The Kier molecular flexibility index (Phi) is 1.91. The summed E-state index contributed by atoms with van der Waals surface area (Å²) in [5.74, 6) is 0.775. The first kappa shape index (κ1) is 8.99. The Hall–Kier alpha value is -1.58. The number of fused-ring (bicyclic) bond motifs is 1. The lowest BCUT2D eigenvalue weighted by molar-refractivity contribution is -0.490. The number of para-hydroxylation sites is 1. The Morgan fingerprint density at radius 2 is 2.29 bits per heavy atom. The Balaban J connectivity index is 2.37. The quantitative estimate of drug-likeness (QED) is 0.529. The summed E-state index contributed by atoms with van der Waals surface area (Å²) in [6.45, 7) is 2.18. The molecule has 14 heavy (non-hydrogen) atoms. The van der Waals surface area contributed by atoms with E-state index in [2.05, 4.69) is 0 Å². The van der Waals surface area contributed by atoms with Gasteiger partial charge in [0, 0.05) is 10.5 Å². The summed E-state index contributed by atoms with van der Waals surface area (Å²) < 4.78 is 5.41. The lowest BCUT2D eigenvalue weighted by atomic mass is 9.85. The van der Waals surface area contributed by atoms with Gasteiger partial charge in [0.25, 0.3) is 0 Å². The first-order valence-corrected chi connectivity index (χ1v) is 4.46. The second-order valence-corrected chi connectivity index (χ2v) is 3.84. The standard InChI is InChI=1S/C10H11NO3/c1-10(6-11(12)13)7-14-9-5-3-2-4-8(9)10/h2-5H,6-7H2,1H3/t10-/m0/s1. The predicted molar refractivity (Wildman–Crippen MR) is 51.2 cm³/mol. The van der Waals surface area contributed by atoms with E-state index in [0.717, 1.165) is 11.3 Å². The molecule has 1 aromatic carbocycles. The minimum absolute atomic E-state index is 0.0794. The highest BCUT2D eigenvalue weighted by Gasteiger charge is 2.40. The van der Waals surface area contributed by atoms with Crippen molar-refractivity contribution in [2.75, 3.05) is 13.2 Å². The molecule has 2 rings (SSSR count). The van der Waals surface area contributed by atoms with Gasteiger partial charge in [-0.2, -0.15) is 0 Å². The molecule has 0 saturated heterocycles. The molecule has 0 aliphatic carbocycles. The molecule has 4 heteroatoms. The molecule has 4 nitrogen and oxygen atoms in total. The highest BCUT2D eigenvalue weighted by molar-refractivity contribution is 5.42. The van der Waals surface area contributed by atoms with Crippen LogP contribution in [0.2, 0.25) is 0 Å². The van der Waals surface area contributed by atoms with Gasteiger partial charge in [0.15, 0.2) is 0 Å². The first-order valence-electron chi connectivity index (χ1n) is 4.46. The van der Waals surface area contributed by atoms with Crippen molar-refractivity contribution >= 4 is 0 Å². The molecular weight excluding hydrogens is 182 g/mol. The Morgan fingerprint density at radius 3 is 3.00 bits per heavy atom. The molecule has 1 aliphatic rings. The van der Waals surface area contributed by atoms with Crippen LogP contribution in [0.4, 0.5) is 0 Å². The van der Waals surface area contributed by atoms with Gasteiger partial charge in [-0.25, -0.2) is 0 Å². The van der Waals surface area contributed by atoms with E-state index in [4.69, 9.17) is 4.74 Å². The molecule has 1 aliphatic heterocycles. The van der Waals surface area contributed by atoms with Crippen molar-refractivity contribution in [3.63, 3.8) is 0 Å². The van der Waals surface area contributed by atoms with Crippen LogP contribution in [0.5, 0.6) is 5.75 Å². The molecule has 0 fully saturated rings. The van der Waals surface area contributed by atoms with Gasteiger partial charge < -0.3 is 4.74 Å². The number of rotatable bonds is 2. The van der Waals surface area contributed by atoms with Crippen molar-refractivity contribution in [2.45, 2.75) is 12.3 Å². The van der Waals surface area contributed by atoms with Crippen molar-refractivity contribution in [3.8, 4) is 5.75 Å². The second-order valence-electron chi connectivity index (χ2n) is 3.84. The molecule has 0 saturated carbocycles. The van der Waals surface area contributed by atoms with Gasteiger partial charge >= 0.3 is 0 Å². The number of benzene rings is 1. The molecule has 0 bridgehead atoms. The zero-order valence-corrected chi connectivity index (χ0v) is 7.90. The summed E-state index contributed by atoms with van der Waals surface area (Å²) in [6.07, 6.45) is 0. The zero-order valence-electron chi connectivity index (χ0n) is 7.90. The summed E-state index contributed by atoms with van der Waals surface area (Å²) in [5, 5.41) is 10.5. The van der Waals surface area contributed by atoms with Crippen LogP contribution in [0, 0.1) is 10.1 Å². The van der Waals surface area contributed by atoms with Crippen LogP contribution in [0.25, 0.3) is 0 Å². The van der Waals surface area contributed by atoms with E-state index in [0.29, 0.717) is 6.61 Å². The molecule has 1 heterocycles. The molecule has 0 radical (unpaired) electrons. The summed E-state index contributed by atoms with van der Waals surface area (Å²) in [4.78, 5) is 10.2. The van der Waals surface area contributed by atoms with Gasteiger partial charge in [0.1, 0.15) is 12.4 Å². The lowest BCUT2D eigenvalue weighted by Gasteiger charge is -2.16. The molecule has 0 aromatic heterocycles. The third-order valence-corrected chi connectivity index (χ3v) is 2.56. The number of ether oxygens (including phenoxy) is 1. The monoisotopic (exact) mass is 193 g/mol. The van der Waals surface area contributed by atoms with Gasteiger partial charge in [0.2, 0.25) is 6.54 Å². The molecule has 0 unspecified atom stereocenters. The van der Waals surface area contributed by atoms with Gasteiger partial charge in [-0.05, 0) is 13.0 Å². The Bertz CT molecular complexity index is 377. The molecule has 1 aromatic rings. The second kappa shape index (κ2) is 2.97. The summed E-state index contributed by atoms with van der Waals surface area (Å²) in [7, 11) is 0. The molecule has 0 spiro atoms. The van der Waals surface area contributed by atoms with E-state index in [9.17, 15) is 10.1 Å². The summed E-state index contributed by atoms with van der Waals surface area (Å²) >= 11 is 0. The molecular formula is C10H11NO3. The van der Waals surface area contributed by atoms with Crippen molar-refractivity contribution in [1.82, 2.24) is 0 Å². The fourth-order valence-electron chi connectivity index (χ4n) is 1.82. The number of nitro groups is 1.